The minimum atomic E-state index is -0.824. The molecule has 0 aromatic heterocycles. The summed E-state index contributed by atoms with van der Waals surface area (Å²) in [5, 5.41) is 11.4. The number of rotatable bonds is 2. The lowest BCUT2D eigenvalue weighted by Gasteiger charge is -2.62. The molecule has 0 aliphatic carbocycles. The van der Waals surface area contributed by atoms with Crippen molar-refractivity contribution in [2.24, 2.45) is 5.73 Å². The molecule has 2 aromatic carbocycles. The number of cyclic esters (lactones) is 1. The Hall–Kier alpha value is -3.19. The molecule has 2 aromatic rings. The van der Waals surface area contributed by atoms with E-state index in [4.69, 9.17) is 29.4 Å². The van der Waals surface area contributed by atoms with E-state index in [-0.39, 0.29) is 54.3 Å². The predicted molar refractivity (Wildman–Crippen MR) is 158 cm³/mol. The quantitative estimate of drug-likeness (QED) is 0.382. The predicted octanol–water partition coefficient (Wildman–Crippen LogP) is 3.06. The van der Waals surface area contributed by atoms with Crippen LogP contribution in [-0.2, 0) is 20.7 Å². The van der Waals surface area contributed by atoms with E-state index in [1.54, 1.807) is 18.9 Å². The monoisotopic (exact) mass is 611 g/mol. The van der Waals surface area contributed by atoms with E-state index in [0.717, 1.165) is 34.2 Å². The third-order valence-corrected chi connectivity index (χ3v) is 11.3. The number of benzene rings is 2. The van der Waals surface area contributed by atoms with Gasteiger partial charge in [0.1, 0.15) is 18.4 Å². The fraction of sp³-hybridized carbons (Fsp3) is 0.548. The highest BCUT2D eigenvalue weighted by atomic mass is 32.2. The van der Waals surface area contributed by atoms with E-state index in [2.05, 4.69) is 29.8 Å². The molecule has 3 N–H and O–H groups in total. The SMILES string of the molecule is COc1c(C)cc2c(c1O)[C@@H]1C3[C@@H]4SCC(N)C(=O)OC[C@@H](c5c6c(c(C)c(OC(C)=O)c54)OCO6)N3[C@@H](C)[C@H](C2)N1C. The van der Waals surface area contributed by atoms with Crippen molar-refractivity contribution in [3.05, 3.63) is 39.4 Å². The smallest absolute Gasteiger partial charge is 0.323 e. The van der Waals surface area contributed by atoms with Crippen LogP contribution in [0.15, 0.2) is 6.07 Å². The van der Waals surface area contributed by atoms with E-state index >= 15 is 0 Å². The lowest BCUT2D eigenvalue weighted by atomic mass is 9.71. The fourth-order valence-electron chi connectivity index (χ4n) is 8.18. The van der Waals surface area contributed by atoms with Crippen molar-refractivity contribution in [3.63, 3.8) is 0 Å². The maximum absolute atomic E-state index is 13.0. The summed E-state index contributed by atoms with van der Waals surface area (Å²) in [5.41, 5.74) is 11.5. The topological polar surface area (TPSA) is 133 Å². The molecule has 11 nitrogen and oxygen atoms in total. The molecule has 0 saturated carbocycles. The number of hydrogen-bond acceptors (Lipinski definition) is 12. The van der Waals surface area contributed by atoms with Gasteiger partial charge in [-0.1, -0.05) is 6.07 Å². The summed E-state index contributed by atoms with van der Waals surface area (Å²) in [7, 11) is 3.68. The molecule has 4 bridgehead atoms. The molecule has 2 unspecified atom stereocenters. The first-order valence-corrected chi connectivity index (χ1v) is 15.7. The number of fused-ring (bicyclic) bond motifs is 9. The minimum Gasteiger partial charge on any atom is -0.504 e. The Morgan fingerprint density at radius 1 is 1.14 bits per heavy atom. The number of methoxy groups -OCH3 is 1. The van der Waals surface area contributed by atoms with E-state index in [0.29, 0.717) is 28.6 Å². The Balaban J connectivity index is 1.54. The van der Waals surface area contributed by atoms with Crippen LogP contribution in [-0.4, -0.2) is 84.3 Å². The highest BCUT2D eigenvalue weighted by Gasteiger charge is 2.59. The van der Waals surface area contributed by atoms with Crippen LogP contribution in [0.1, 0.15) is 64.6 Å². The molecule has 0 radical (unpaired) electrons. The van der Waals surface area contributed by atoms with E-state index in [1.165, 1.54) is 6.92 Å². The number of likely N-dealkylation sites (N-methyl/N-ethyl adjacent to an activating group) is 1. The second kappa shape index (κ2) is 10.2. The van der Waals surface area contributed by atoms with Crippen molar-refractivity contribution in [2.75, 3.05) is 33.3 Å². The van der Waals surface area contributed by atoms with Crippen LogP contribution in [0.25, 0.3) is 0 Å². The van der Waals surface area contributed by atoms with Crippen LogP contribution < -0.4 is 24.7 Å². The molecule has 230 valence electrons. The molecule has 12 heteroatoms. The first-order chi connectivity index (χ1) is 20.5. The van der Waals surface area contributed by atoms with Crippen LogP contribution in [0.4, 0.5) is 0 Å². The second-order valence-corrected chi connectivity index (χ2v) is 13.3. The van der Waals surface area contributed by atoms with Gasteiger partial charge in [0, 0.05) is 53.1 Å². The molecule has 5 heterocycles. The summed E-state index contributed by atoms with van der Waals surface area (Å²) >= 11 is 1.54. The minimum absolute atomic E-state index is 0.0217. The average molecular weight is 612 g/mol. The Morgan fingerprint density at radius 3 is 2.60 bits per heavy atom. The van der Waals surface area contributed by atoms with Crippen molar-refractivity contribution >= 4 is 23.7 Å². The Labute approximate surface area is 254 Å². The first kappa shape index (κ1) is 28.6. The van der Waals surface area contributed by atoms with Crippen molar-refractivity contribution in [3.8, 4) is 28.7 Å². The lowest BCUT2D eigenvalue weighted by molar-refractivity contribution is -0.151. The number of aromatic hydroxyl groups is 1. The number of piperazine rings is 1. The van der Waals surface area contributed by atoms with Crippen LogP contribution in [0.2, 0.25) is 0 Å². The highest BCUT2D eigenvalue weighted by Crippen LogP contribution is 2.64. The number of phenolic OH excluding ortho intramolecular Hbond substituents is 1. The van der Waals surface area contributed by atoms with Gasteiger partial charge in [0.25, 0.3) is 0 Å². The summed E-state index contributed by atoms with van der Waals surface area (Å²) in [6, 6.07) is 0.515. The zero-order chi connectivity index (χ0) is 30.5. The van der Waals surface area contributed by atoms with Crippen LogP contribution in [0.5, 0.6) is 28.7 Å². The van der Waals surface area contributed by atoms with Gasteiger partial charge in [0.05, 0.1) is 24.4 Å². The van der Waals surface area contributed by atoms with Gasteiger partial charge in [-0.2, -0.15) is 0 Å². The maximum Gasteiger partial charge on any atom is 0.323 e. The molecule has 5 aliphatic rings. The second-order valence-electron chi connectivity index (χ2n) is 12.2. The van der Waals surface area contributed by atoms with Gasteiger partial charge in [-0.25, -0.2) is 0 Å². The first-order valence-electron chi connectivity index (χ1n) is 14.6. The highest BCUT2D eigenvalue weighted by molar-refractivity contribution is 7.99. The number of carbonyl (C=O) groups is 2. The number of nitrogens with two attached hydrogens (primary N) is 1. The summed E-state index contributed by atoms with van der Waals surface area (Å²) in [5.74, 6) is 1.56. The molecule has 5 aliphatic heterocycles. The number of ether oxygens (including phenoxy) is 5. The van der Waals surface area contributed by atoms with Crippen molar-refractivity contribution < 1.29 is 38.4 Å². The number of phenols is 1. The van der Waals surface area contributed by atoms with E-state index < -0.39 is 24.0 Å². The van der Waals surface area contributed by atoms with Crippen LogP contribution in [0, 0.1) is 13.8 Å². The number of nitrogens with zero attached hydrogens (tertiary/aromatic N) is 2. The Bertz CT molecular complexity index is 1550. The van der Waals surface area contributed by atoms with Gasteiger partial charge < -0.3 is 34.5 Å². The van der Waals surface area contributed by atoms with Crippen LogP contribution in [0.3, 0.4) is 0 Å². The molecule has 7 rings (SSSR count). The van der Waals surface area contributed by atoms with Gasteiger partial charge in [-0.15, -0.1) is 11.8 Å². The number of hydrogen-bond donors (Lipinski definition) is 2. The average Bonchev–Trinajstić information content (AvgIpc) is 3.45. The molecule has 7 atom stereocenters. The van der Waals surface area contributed by atoms with E-state index in [9.17, 15) is 14.7 Å². The normalized spacial score (nSPS) is 31.0. The number of thioether (sulfide) groups is 1. The molecular formula is C31H37N3O8S. The summed E-state index contributed by atoms with van der Waals surface area (Å²) in [6.07, 6.45) is 0.734. The summed E-state index contributed by atoms with van der Waals surface area (Å²) < 4.78 is 29.6. The summed E-state index contributed by atoms with van der Waals surface area (Å²) in [6.45, 7) is 7.49. The Kier molecular flexibility index (Phi) is 6.77. The largest absolute Gasteiger partial charge is 0.504 e. The molecule has 2 saturated heterocycles. The van der Waals surface area contributed by atoms with Crippen molar-refractivity contribution in [2.45, 2.75) is 75.6 Å². The number of aryl methyl sites for hydroxylation is 1. The lowest BCUT2D eigenvalue weighted by Crippen LogP contribution is -2.68. The Morgan fingerprint density at radius 2 is 1.88 bits per heavy atom. The van der Waals surface area contributed by atoms with Crippen molar-refractivity contribution in [1.29, 1.82) is 0 Å². The zero-order valence-corrected chi connectivity index (χ0v) is 25.9. The van der Waals surface area contributed by atoms with Crippen molar-refractivity contribution in [1.82, 2.24) is 9.80 Å². The van der Waals surface area contributed by atoms with Gasteiger partial charge in [-0.3, -0.25) is 19.4 Å². The van der Waals surface area contributed by atoms with E-state index in [1.807, 2.05) is 13.8 Å². The molecule has 0 amide bonds. The van der Waals surface area contributed by atoms with Gasteiger partial charge in [0.15, 0.2) is 23.0 Å². The zero-order valence-electron chi connectivity index (χ0n) is 25.1. The molecule has 43 heavy (non-hydrogen) atoms. The van der Waals surface area contributed by atoms with Gasteiger partial charge in [0.2, 0.25) is 6.79 Å². The van der Waals surface area contributed by atoms with Gasteiger partial charge >= 0.3 is 11.9 Å². The molecular weight excluding hydrogens is 574 g/mol. The summed E-state index contributed by atoms with van der Waals surface area (Å²) in [4.78, 5) is 30.3. The van der Waals surface area contributed by atoms with Crippen LogP contribution >= 0.6 is 11.8 Å². The van der Waals surface area contributed by atoms with Gasteiger partial charge in [-0.05, 0) is 45.4 Å². The third kappa shape index (κ3) is 3.99. The fourth-order valence-corrected chi connectivity index (χ4v) is 9.62. The standard InChI is InChI=1S/C31H37N3O8S/c1-12-7-16-8-18-14(3)34-19-9-39-31(37)17(32)10-43-30(24(34)23(33(18)5)20(16)25(36)26(12)38-6)22-21(19)29-28(40-11-41-29)13(2)27(22)42-15(4)35/h7,14,17-19,23-24,30,36H,8-11,32H2,1-6H3/t14-,17?,18-,19-,23+,24?,30+/m0/s1. The number of carbonyl (C=O) groups excluding carboxylic acids is 2. The molecule has 0 spiro atoms. The maximum atomic E-state index is 13.0. The molecule has 2 fully saturated rings. The third-order valence-electron chi connectivity index (χ3n) is 9.90. The number of esters is 2.